The Kier molecular flexibility index (Phi) is 3.27. The third kappa shape index (κ3) is 2.04. The van der Waals surface area contributed by atoms with E-state index in [1.165, 1.54) is 49.4 Å². The maximum atomic E-state index is 5.79. The van der Waals surface area contributed by atoms with Gasteiger partial charge in [0.1, 0.15) is 0 Å². The minimum atomic E-state index is 0.483. The summed E-state index contributed by atoms with van der Waals surface area (Å²) >= 11 is 3.53. The van der Waals surface area contributed by atoms with E-state index in [1.54, 1.807) is 5.56 Å². The van der Waals surface area contributed by atoms with Crippen molar-refractivity contribution in [3.63, 3.8) is 0 Å². The monoisotopic (exact) mass is 307 g/mol. The summed E-state index contributed by atoms with van der Waals surface area (Å²) in [7, 11) is 0. The van der Waals surface area contributed by atoms with Crippen LogP contribution >= 0.6 is 15.9 Å². The summed E-state index contributed by atoms with van der Waals surface area (Å²) in [5.74, 6) is 0. The predicted molar refractivity (Wildman–Crippen MR) is 79.6 cm³/mol. The van der Waals surface area contributed by atoms with Gasteiger partial charge in [0.25, 0.3) is 0 Å². The quantitative estimate of drug-likeness (QED) is 0.880. The van der Waals surface area contributed by atoms with Crippen molar-refractivity contribution in [2.24, 2.45) is 11.1 Å². The van der Waals surface area contributed by atoms with E-state index in [9.17, 15) is 0 Å². The van der Waals surface area contributed by atoms with Gasteiger partial charge in [0.15, 0.2) is 0 Å². The van der Waals surface area contributed by atoms with Crippen molar-refractivity contribution < 1.29 is 0 Å². The average Bonchev–Trinajstić information content (AvgIpc) is 2.42. The van der Waals surface area contributed by atoms with Gasteiger partial charge in [0, 0.05) is 4.47 Å². The number of fused-ring (bicyclic) bond motifs is 3. The summed E-state index contributed by atoms with van der Waals surface area (Å²) < 4.78 is 1.19. The van der Waals surface area contributed by atoms with Crippen molar-refractivity contribution in [1.82, 2.24) is 0 Å². The molecule has 98 valence electrons. The SMILES string of the molecule is NCCC12CCC(c3ccc(Br)cc3)(CC1)CC2. The zero-order chi connectivity index (χ0) is 12.6. The average molecular weight is 308 g/mol. The zero-order valence-electron chi connectivity index (χ0n) is 10.9. The molecule has 3 saturated carbocycles. The normalized spacial score (nSPS) is 34.8. The highest BCUT2D eigenvalue weighted by atomic mass is 79.9. The standard InChI is InChI=1S/C16H22BrN/c17-14-3-1-13(2-4-14)16-8-5-15(6-9-16,7-10-16)11-12-18/h1-4H,5-12,18H2. The lowest BCUT2D eigenvalue weighted by molar-refractivity contribution is 0.0346. The third-order valence-electron chi connectivity index (χ3n) is 5.53. The van der Waals surface area contributed by atoms with Gasteiger partial charge in [-0.2, -0.15) is 0 Å². The van der Waals surface area contributed by atoms with E-state index in [2.05, 4.69) is 40.2 Å². The minimum absolute atomic E-state index is 0.483. The highest BCUT2D eigenvalue weighted by Gasteiger charge is 2.48. The number of hydrogen-bond donors (Lipinski definition) is 1. The number of benzene rings is 1. The first-order chi connectivity index (χ1) is 8.68. The molecular weight excluding hydrogens is 286 g/mol. The van der Waals surface area contributed by atoms with Crippen LogP contribution in [0.15, 0.2) is 28.7 Å². The Balaban J connectivity index is 1.82. The number of rotatable bonds is 3. The molecule has 0 aromatic heterocycles. The van der Waals surface area contributed by atoms with Gasteiger partial charge in [-0.25, -0.2) is 0 Å². The largest absolute Gasteiger partial charge is 0.330 e. The molecule has 0 amide bonds. The van der Waals surface area contributed by atoms with E-state index in [-0.39, 0.29) is 0 Å². The molecule has 0 radical (unpaired) electrons. The molecule has 1 aromatic rings. The predicted octanol–water partition coefficient (Wildman–Crippen LogP) is 4.39. The summed E-state index contributed by atoms with van der Waals surface area (Å²) in [6.07, 6.45) is 9.52. The van der Waals surface area contributed by atoms with Crippen LogP contribution < -0.4 is 5.73 Å². The molecule has 4 rings (SSSR count). The molecule has 2 bridgehead atoms. The fourth-order valence-electron chi connectivity index (χ4n) is 4.18. The molecule has 1 aromatic carbocycles. The van der Waals surface area contributed by atoms with Gasteiger partial charge in [-0.05, 0) is 80.0 Å². The molecule has 2 N–H and O–H groups in total. The lowest BCUT2D eigenvalue weighted by Gasteiger charge is -2.54. The van der Waals surface area contributed by atoms with Crippen LogP contribution in [0.3, 0.4) is 0 Å². The maximum Gasteiger partial charge on any atom is 0.0175 e. The Bertz CT molecular complexity index is 399. The first-order valence-corrected chi connectivity index (χ1v) is 7.94. The molecule has 2 heteroatoms. The van der Waals surface area contributed by atoms with Crippen molar-refractivity contribution in [3.05, 3.63) is 34.3 Å². The Morgan fingerprint density at radius 3 is 2.00 bits per heavy atom. The van der Waals surface area contributed by atoms with Crippen LogP contribution in [0.2, 0.25) is 0 Å². The van der Waals surface area contributed by atoms with Gasteiger partial charge in [-0.15, -0.1) is 0 Å². The Labute approximate surface area is 118 Å². The van der Waals surface area contributed by atoms with Gasteiger partial charge < -0.3 is 5.73 Å². The molecule has 3 fully saturated rings. The van der Waals surface area contributed by atoms with E-state index in [0.29, 0.717) is 10.8 Å². The zero-order valence-corrected chi connectivity index (χ0v) is 12.5. The Morgan fingerprint density at radius 2 is 1.50 bits per heavy atom. The molecule has 0 unspecified atom stereocenters. The van der Waals surface area contributed by atoms with Gasteiger partial charge in [0.05, 0.1) is 0 Å². The number of hydrogen-bond acceptors (Lipinski definition) is 1. The van der Waals surface area contributed by atoms with Crippen molar-refractivity contribution in [3.8, 4) is 0 Å². The summed E-state index contributed by atoms with van der Waals surface area (Å²) in [6.45, 7) is 0.866. The molecule has 0 saturated heterocycles. The molecule has 18 heavy (non-hydrogen) atoms. The van der Waals surface area contributed by atoms with E-state index < -0.39 is 0 Å². The summed E-state index contributed by atoms with van der Waals surface area (Å²) in [5.41, 5.74) is 8.44. The minimum Gasteiger partial charge on any atom is -0.330 e. The smallest absolute Gasteiger partial charge is 0.0175 e. The maximum absolute atomic E-state index is 5.79. The van der Waals surface area contributed by atoms with Crippen LogP contribution in [-0.2, 0) is 5.41 Å². The second-order valence-corrected chi connectivity index (χ2v) is 7.24. The Morgan fingerprint density at radius 1 is 0.944 bits per heavy atom. The molecule has 3 aliphatic rings. The second kappa shape index (κ2) is 4.64. The van der Waals surface area contributed by atoms with Crippen LogP contribution in [0.4, 0.5) is 0 Å². The number of nitrogens with two attached hydrogens (primary N) is 1. The van der Waals surface area contributed by atoms with E-state index in [0.717, 1.165) is 6.54 Å². The fourth-order valence-corrected chi connectivity index (χ4v) is 4.45. The van der Waals surface area contributed by atoms with Crippen LogP contribution in [-0.4, -0.2) is 6.54 Å². The van der Waals surface area contributed by atoms with Crippen molar-refractivity contribution in [2.75, 3.05) is 6.54 Å². The van der Waals surface area contributed by atoms with Crippen molar-refractivity contribution >= 4 is 15.9 Å². The summed E-state index contributed by atoms with van der Waals surface area (Å²) in [5, 5.41) is 0. The molecular formula is C16H22BrN. The molecule has 0 aliphatic heterocycles. The van der Waals surface area contributed by atoms with Crippen molar-refractivity contribution in [2.45, 2.75) is 50.4 Å². The first-order valence-electron chi connectivity index (χ1n) is 7.14. The van der Waals surface area contributed by atoms with Crippen LogP contribution in [0.1, 0.15) is 50.5 Å². The van der Waals surface area contributed by atoms with Crippen molar-refractivity contribution in [1.29, 1.82) is 0 Å². The van der Waals surface area contributed by atoms with E-state index >= 15 is 0 Å². The number of halogens is 1. The third-order valence-corrected chi connectivity index (χ3v) is 6.06. The van der Waals surface area contributed by atoms with Gasteiger partial charge in [-0.3, -0.25) is 0 Å². The molecule has 0 atom stereocenters. The lowest BCUT2D eigenvalue weighted by atomic mass is 9.51. The van der Waals surface area contributed by atoms with E-state index in [4.69, 9.17) is 5.73 Å². The van der Waals surface area contributed by atoms with Gasteiger partial charge in [0.2, 0.25) is 0 Å². The highest BCUT2D eigenvalue weighted by molar-refractivity contribution is 9.10. The van der Waals surface area contributed by atoms with Gasteiger partial charge in [-0.1, -0.05) is 28.1 Å². The van der Waals surface area contributed by atoms with E-state index in [1.807, 2.05) is 0 Å². The second-order valence-electron chi connectivity index (χ2n) is 6.33. The van der Waals surface area contributed by atoms with Crippen LogP contribution in [0, 0.1) is 5.41 Å². The highest BCUT2D eigenvalue weighted by Crippen LogP contribution is 2.58. The first kappa shape index (κ1) is 12.7. The van der Waals surface area contributed by atoms with Gasteiger partial charge >= 0.3 is 0 Å². The molecule has 0 spiro atoms. The van der Waals surface area contributed by atoms with Crippen LogP contribution in [0.25, 0.3) is 0 Å². The molecule has 3 aliphatic carbocycles. The Hall–Kier alpha value is -0.340. The molecule has 1 nitrogen and oxygen atoms in total. The summed E-state index contributed by atoms with van der Waals surface area (Å²) in [4.78, 5) is 0. The molecule has 0 heterocycles. The van der Waals surface area contributed by atoms with Crippen LogP contribution in [0.5, 0.6) is 0 Å². The summed E-state index contributed by atoms with van der Waals surface area (Å²) in [6, 6.07) is 9.04. The fraction of sp³-hybridized carbons (Fsp3) is 0.625. The topological polar surface area (TPSA) is 26.0 Å². The lowest BCUT2D eigenvalue weighted by Crippen LogP contribution is -2.44.